The van der Waals surface area contributed by atoms with Gasteiger partial charge in [0.1, 0.15) is 0 Å². The third kappa shape index (κ3) is 8.29. The Morgan fingerprint density at radius 3 is 2.72 bits per heavy atom. The van der Waals surface area contributed by atoms with Gasteiger partial charge in [-0.15, -0.1) is 0 Å². The van der Waals surface area contributed by atoms with Gasteiger partial charge in [-0.1, -0.05) is 29.8 Å². The Bertz CT molecular complexity index is 490. The van der Waals surface area contributed by atoms with Crippen LogP contribution in [0.4, 0.5) is 0 Å². The highest BCUT2D eigenvalue weighted by Gasteiger charge is 2.16. The molecular formula is C20H34N2O3. The van der Waals surface area contributed by atoms with Crippen LogP contribution in [0.5, 0.6) is 0 Å². The van der Waals surface area contributed by atoms with Crippen LogP contribution in [0.15, 0.2) is 24.3 Å². The lowest BCUT2D eigenvalue weighted by Gasteiger charge is -2.31. The molecule has 1 heterocycles. The first-order valence-electron chi connectivity index (χ1n) is 9.40. The summed E-state index contributed by atoms with van der Waals surface area (Å²) in [5.74, 6) is 0. The van der Waals surface area contributed by atoms with Crippen molar-refractivity contribution in [2.75, 3.05) is 52.5 Å². The van der Waals surface area contributed by atoms with Gasteiger partial charge in [0.2, 0.25) is 0 Å². The number of nitrogens with zero attached hydrogens (tertiary/aromatic N) is 2. The minimum atomic E-state index is -0.461. The van der Waals surface area contributed by atoms with Gasteiger partial charge in [0.05, 0.1) is 32.0 Å². The lowest BCUT2D eigenvalue weighted by Crippen LogP contribution is -2.43. The molecule has 1 aromatic carbocycles. The number of benzene rings is 1. The van der Waals surface area contributed by atoms with Gasteiger partial charge in [-0.25, -0.2) is 0 Å². The third-order valence-corrected chi connectivity index (χ3v) is 4.42. The average molecular weight is 351 g/mol. The topological polar surface area (TPSA) is 45.2 Å². The van der Waals surface area contributed by atoms with Crippen LogP contribution in [0.25, 0.3) is 0 Å². The van der Waals surface area contributed by atoms with E-state index in [0.29, 0.717) is 13.2 Å². The number of hydrogen-bond donors (Lipinski definition) is 1. The second kappa shape index (κ2) is 10.9. The molecular weight excluding hydrogens is 316 g/mol. The van der Waals surface area contributed by atoms with Crippen molar-refractivity contribution < 1.29 is 14.6 Å². The Morgan fingerprint density at radius 2 is 2.04 bits per heavy atom. The summed E-state index contributed by atoms with van der Waals surface area (Å²) in [7, 11) is 0. The van der Waals surface area contributed by atoms with Gasteiger partial charge in [-0.2, -0.15) is 0 Å². The highest BCUT2D eigenvalue weighted by atomic mass is 16.5. The third-order valence-electron chi connectivity index (χ3n) is 4.42. The Hall–Kier alpha value is -0.980. The second-order valence-electron chi connectivity index (χ2n) is 7.21. The molecule has 142 valence electrons. The molecule has 1 aliphatic rings. The van der Waals surface area contributed by atoms with Crippen molar-refractivity contribution in [2.45, 2.75) is 39.5 Å². The second-order valence-corrected chi connectivity index (χ2v) is 7.21. The first-order chi connectivity index (χ1) is 12.0. The van der Waals surface area contributed by atoms with E-state index in [1.165, 1.54) is 11.1 Å². The molecule has 1 aliphatic heterocycles. The predicted molar refractivity (Wildman–Crippen MR) is 101 cm³/mol. The van der Waals surface area contributed by atoms with Gasteiger partial charge in [-0.05, 0) is 26.3 Å². The summed E-state index contributed by atoms with van der Waals surface area (Å²) in [6, 6.07) is 8.60. The number of ether oxygens (including phenoxy) is 2. The minimum absolute atomic E-state index is 0.147. The lowest BCUT2D eigenvalue weighted by atomic mass is 10.1. The summed E-state index contributed by atoms with van der Waals surface area (Å²) >= 11 is 0. The number of aryl methyl sites for hydroxylation is 1. The standard InChI is InChI=1S/C20H34N2O3/c1-17(2)25-16-20(23)15-22(8-7-21-9-11-24-12-10-21)14-19-6-4-5-18(3)13-19/h4-6,13,17,20,23H,7-12,14-16H2,1-3H3. The van der Waals surface area contributed by atoms with Crippen LogP contribution in [-0.4, -0.2) is 79.7 Å². The molecule has 2 rings (SSSR count). The molecule has 0 bridgehead atoms. The molecule has 25 heavy (non-hydrogen) atoms. The monoisotopic (exact) mass is 350 g/mol. The van der Waals surface area contributed by atoms with Crippen molar-refractivity contribution in [1.82, 2.24) is 9.80 Å². The van der Waals surface area contributed by atoms with Crippen LogP contribution < -0.4 is 0 Å². The van der Waals surface area contributed by atoms with Crippen LogP contribution in [-0.2, 0) is 16.0 Å². The van der Waals surface area contributed by atoms with Crippen LogP contribution in [0.3, 0.4) is 0 Å². The van der Waals surface area contributed by atoms with Crippen molar-refractivity contribution in [3.8, 4) is 0 Å². The first-order valence-corrected chi connectivity index (χ1v) is 9.40. The van der Waals surface area contributed by atoms with E-state index in [-0.39, 0.29) is 6.10 Å². The molecule has 0 saturated carbocycles. The first kappa shape index (κ1) is 20.3. The fourth-order valence-corrected chi connectivity index (χ4v) is 3.07. The van der Waals surface area contributed by atoms with Crippen molar-refractivity contribution in [2.24, 2.45) is 0 Å². The molecule has 0 aromatic heterocycles. The number of aliphatic hydroxyl groups excluding tert-OH is 1. The normalized spacial score (nSPS) is 17.4. The maximum atomic E-state index is 10.3. The Balaban J connectivity index is 1.89. The molecule has 1 fully saturated rings. The maximum absolute atomic E-state index is 10.3. The summed E-state index contributed by atoms with van der Waals surface area (Å²) < 4.78 is 11.0. The molecule has 1 saturated heterocycles. The molecule has 5 nitrogen and oxygen atoms in total. The zero-order valence-electron chi connectivity index (χ0n) is 16.0. The molecule has 5 heteroatoms. The zero-order chi connectivity index (χ0) is 18.1. The van der Waals surface area contributed by atoms with Crippen LogP contribution >= 0.6 is 0 Å². The smallest absolute Gasteiger partial charge is 0.0900 e. The highest BCUT2D eigenvalue weighted by molar-refractivity contribution is 5.22. The molecule has 0 spiro atoms. The SMILES string of the molecule is Cc1cccc(CN(CCN2CCOCC2)CC(O)COC(C)C)c1. The average Bonchev–Trinajstić information content (AvgIpc) is 2.59. The fraction of sp³-hybridized carbons (Fsp3) is 0.700. The van der Waals surface area contributed by atoms with Crippen LogP contribution in [0.1, 0.15) is 25.0 Å². The van der Waals surface area contributed by atoms with Gasteiger partial charge in [0.15, 0.2) is 0 Å². The maximum Gasteiger partial charge on any atom is 0.0900 e. The summed E-state index contributed by atoms with van der Waals surface area (Å²) in [4.78, 5) is 4.77. The Morgan fingerprint density at radius 1 is 1.28 bits per heavy atom. The van der Waals surface area contributed by atoms with E-state index in [9.17, 15) is 5.11 Å². The van der Waals surface area contributed by atoms with E-state index in [2.05, 4.69) is 41.0 Å². The van der Waals surface area contributed by atoms with Crippen LogP contribution in [0.2, 0.25) is 0 Å². The zero-order valence-corrected chi connectivity index (χ0v) is 16.0. The van der Waals surface area contributed by atoms with E-state index < -0.39 is 6.10 Å². The Labute approximate surface area is 152 Å². The summed E-state index contributed by atoms with van der Waals surface area (Å²) in [6.07, 6.45) is -0.315. The van der Waals surface area contributed by atoms with Gasteiger partial charge in [-0.3, -0.25) is 9.80 Å². The van der Waals surface area contributed by atoms with Crippen molar-refractivity contribution >= 4 is 0 Å². The van der Waals surface area contributed by atoms with Crippen molar-refractivity contribution in [3.63, 3.8) is 0 Å². The number of hydrogen-bond acceptors (Lipinski definition) is 5. The van der Waals surface area contributed by atoms with Crippen LogP contribution in [0, 0.1) is 6.92 Å². The summed E-state index contributed by atoms with van der Waals surface area (Å²) in [5, 5.41) is 10.3. The van der Waals surface area contributed by atoms with Gasteiger partial charge in [0, 0.05) is 39.3 Å². The summed E-state index contributed by atoms with van der Waals surface area (Å²) in [6.45, 7) is 13.6. The number of aliphatic hydroxyl groups is 1. The van der Waals surface area contributed by atoms with E-state index in [4.69, 9.17) is 9.47 Å². The van der Waals surface area contributed by atoms with Gasteiger partial charge in [0.25, 0.3) is 0 Å². The quantitative estimate of drug-likeness (QED) is 0.698. The largest absolute Gasteiger partial charge is 0.389 e. The van der Waals surface area contributed by atoms with Gasteiger partial charge < -0.3 is 14.6 Å². The van der Waals surface area contributed by atoms with Crippen molar-refractivity contribution in [3.05, 3.63) is 35.4 Å². The molecule has 1 aromatic rings. The predicted octanol–water partition coefficient (Wildman–Crippen LogP) is 1.92. The summed E-state index contributed by atoms with van der Waals surface area (Å²) in [5.41, 5.74) is 2.56. The molecule has 1 unspecified atom stereocenters. The lowest BCUT2D eigenvalue weighted by molar-refractivity contribution is -0.0129. The van der Waals surface area contributed by atoms with E-state index >= 15 is 0 Å². The number of rotatable bonds is 10. The molecule has 0 radical (unpaired) electrons. The van der Waals surface area contributed by atoms with E-state index in [0.717, 1.165) is 45.9 Å². The molecule has 1 atom stereocenters. The highest BCUT2D eigenvalue weighted by Crippen LogP contribution is 2.09. The minimum Gasteiger partial charge on any atom is -0.389 e. The molecule has 0 aliphatic carbocycles. The van der Waals surface area contributed by atoms with E-state index in [1.807, 2.05) is 13.8 Å². The van der Waals surface area contributed by atoms with Crippen molar-refractivity contribution in [1.29, 1.82) is 0 Å². The van der Waals surface area contributed by atoms with E-state index in [1.54, 1.807) is 0 Å². The molecule has 1 N–H and O–H groups in total. The Kier molecular flexibility index (Phi) is 8.85. The molecule has 0 amide bonds. The van der Waals surface area contributed by atoms with Gasteiger partial charge >= 0.3 is 0 Å². The number of morpholine rings is 1. The fourth-order valence-electron chi connectivity index (χ4n) is 3.07.